The fraction of sp³-hybridized carbons (Fsp3) is 0.667. The minimum atomic E-state index is -0.131. The van der Waals surface area contributed by atoms with E-state index < -0.39 is 0 Å². The van der Waals surface area contributed by atoms with Gasteiger partial charge in [0.25, 0.3) is 5.91 Å². The van der Waals surface area contributed by atoms with E-state index >= 15 is 0 Å². The van der Waals surface area contributed by atoms with E-state index in [0.29, 0.717) is 31.1 Å². The van der Waals surface area contributed by atoms with Crippen LogP contribution in [0.15, 0.2) is 0 Å². The number of carbonyl (C=O) groups excluding carboxylic acids is 2. The van der Waals surface area contributed by atoms with Gasteiger partial charge in [-0.05, 0) is 31.6 Å². The Morgan fingerprint density at radius 2 is 2.33 bits per heavy atom. The van der Waals surface area contributed by atoms with Crippen LogP contribution >= 0.6 is 0 Å². The summed E-state index contributed by atoms with van der Waals surface area (Å²) in [6.45, 7) is 4.09. The van der Waals surface area contributed by atoms with Gasteiger partial charge in [-0.15, -0.1) is 0 Å². The smallest absolute Gasteiger partial charge is 0.272 e. The molecule has 3 rings (SSSR count). The van der Waals surface area contributed by atoms with E-state index in [2.05, 4.69) is 22.4 Å². The highest BCUT2D eigenvalue weighted by molar-refractivity contribution is 5.94. The highest BCUT2D eigenvalue weighted by atomic mass is 16.2. The first-order valence-corrected chi connectivity index (χ1v) is 7.77. The number of likely N-dealkylation sites (tertiary alicyclic amines) is 1. The predicted molar refractivity (Wildman–Crippen MR) is 77.9 cm³/mol. The third-order valence-corrected chi connectivity index (χ3v) is 4.45. The average Bonchev–Trinajstić information content (AvgIpc) is 3.05. The van der Waals surface area contributed by atoms with Gasteiger partial charge in [0.1, 0.15) is 0 Å². The van der Waals surface area contributed by atoms with Crippen LogP contribution < -0.4 is 5.32 Å². The van der Waals surface area contributed by atoms with Crippen LogP contribution in [-0.2, 0) is 17.6 Å². The zero-order valence-corrected chi connectivity index (χ0v) is 12.4. The summed E-state index contributed by atoms with van der Waals surface area (Å²) in [5.74, 6) is 0.660. The minimum absolute atomic E-state index is 0.131. The van der Waals surface area contributed by atoms with Crippen molar-refractivity contribution in [2.75, 3.05) is 19.6 Å². The Kier molecular flexibility index (Phi) is 3.94. The van der Waals surface area contributed by atoms with E-state index in [1.807, 2.05) is 4.90 Å². The van der Waals surface area contributed by atoms with Crippen molar-refractivity contribution >= 4 is 11.8 Å². The van der Waals surface area contributed by atoms with Gasteiger partial charge < -0.3 is 10.2 Å². The topological polar surface area (TPSA) is 78.1 Å². The first kappa shape index (κ1) is 14.1. The van der Waals surface area contributed by atoms with Gasteiger partial charge in [-0.1, -0.05) is 6.92 Å². The fourth-order valence-electron chi connectivity index (χ4n) is 3.19. The van der Waals surface area contributed by atoms with Gasteiger partial charge in [-0.25, -0.2) is 0 Å². The Morgan fingerprint density at radius 1 is 1.48 bits per heavy atom. The van der Waals surface area contributed by atoms with Crippen LogP contribution in [-0.4, -0.2) is 46.5 Å². The Bertz CT molecular complexity index is 552. The number of nitrogens with one attached hydrogen (secondary N) is 2. The molecule has 114 valence electrons. The van der Waals surface area contributed by atoms with E-state index in [4.69, 9.17) is 0 Å². The molecule has 2 aliphatic rings. The summed E-state index contributed by atoms with van der Waals surface area (Å²) in [4.78, 5) is 25.6. The number of aromatic nitrogens is 2. The number of carbonyl (C=O) groups is 2. The molecular weight excluding hydrogens is 268 g/mol. The van der Waals surface area contributed by atoms with Crippen molar-refractivity contribution in [2.24, 2.45) is 5.92 Å². The highest BCUT2D eigenvalue weighted by Crippen LogP contribution is 2.26. The van der Waals surface area contributed by atoms with Crippen LogP contribution in [0.3, 0.4) is 0 Å². The molecule has 2 amide bonds. The number of H-pyrrole nitrogens is 1. The number of rotatable bonds is 4. The van der Waals surface area contributed by atoms with E-state index in [1.54, 1.807) is 0 Å². The maximum Gasteiger partial charge on any atom is 0.272 e. The second kappa shape index (κ2) is 5.87. The SMILES string of the molecule is C[C@@H]1CCc2[nH]nc(C(=O)NCCN3CCCC3=O)c2C1. The molecule has 1 fully saturated rings. The number of aryl methyl sites for hydroxylation is 1. The Balaban J connectivity index is 1.56. The van der Waals surface area contributed by atoms with Gasteiger partial charge in [0.2, 0.25) is 5.91 Å². The number of nitrogens with zero attached hydrogens (tertiary/aromatic N) is 2. The molecule has 1 aliphatic heterocycles. The lowest BCUT2D eigenvalue weighted by atomic mass is 9.88. The molecule has 2 N–H and O–H groups in total. The zero-order chi connectivity index (χ0) is 14.8. The van der Waals surface area contributed by atoms with Gasteiger partial charge in [0.15, 0.2) is 5.69 Å². The van der Waals surface area contributed by atoms with Gasteiger partial charge in [-0.2, -0.15) is 5.10 Å². The first-order valence-electron chi connectivity index (χ1n) is 7.77. The number of hydrogen-bond acceptors (Lipinski definition) is 3. The number of amides is 2. The molecule has 1 aromatic rings. The van der Waals surface area contributed by atoms with E-state index in [9.17, 15) is 9.59 Å². The molecule has 1 aliphatic carbocycles. The molecule has 2 heterocycles. The van der Waals surface area contributed by atoms with Crippen LogP contribution in [0.5, 0.6) is 0 Å². The summed E-state index contributed by atoms with van der Waals surface area (Å²) >= 11 is 0. The molecule has 0 bridgehead atoms. The van der Waals surface area contributed by atoms with Gasteiger partial charge in [-0.3, -0.25) is 14.7 Å². The molecule has 0 saturated carbocycles. The summed E-state index contributed by atoms with van der Waals surface area (Å²) in [5, 5.41) is 10.1. The molecule has 6 heteroatoms. The molecule has 6 nitrogen and oxygen atoms in total. The monoisotopic (exact) mass is 290 g/mol. The summed E-state index contributed by atoms with van der Waals surface area (Å²) in [6, 6.07) is 0. The lowest BCUT2D eigenvalue weighted by molar-refractivity contribution is -0.127. The summed E-state index contributed by atoms with van der Waals surface area (Å²) in [6.07, 6.45) is 4.60. The van der Waals surface area contributed by atoms with Crippen LogP contribution in [0.1, 0.15) is 47.9 Å². The van der Waals surface area contributed by atoms with E-state index in [0.717, 1.165) is 43.5 Å². The Labute approximate surface area is 124 Å². The van der Waals surface area contributed by atoms with Crippen molar-refractivity contribution < 1.29 is 9.59 Å². The van der Waals surface area contributed by atoms with Crippen LogP contribution in [0.25, 0.3) is 0 Å². The molecule has 0 radical (unpaired) electrons. The minimum Gasteiger partial charge on any atom is -0.349 e. The maximum atomic E-state index is 12.2. The predicted octanol–water partition coefficient (Wildman–Crippen LogP) is 0.887. The van der Waals surface area contributed by atoms with Crippen molar-refractivity contribution in [3.63, 3.8) is 0 Å². The molecular formula is C15H22N4O2. The van der Waals surface area contributed by atoms with Crippen molar-refractivity contribution in [3.05, 3.63) is 17.0 Å². The summed E-state index contributed by atoms with van der Waals surface area (Å²) in [5.41, 5.74) is 2.71. The fourth-order valence-corrected chi connectivity index (χ4v) is 3.19. The van der Waals surface area contributed by atoms with Gasteiger partial charge in [0, 0.05) is 37.3 Å². The number of fused-ring (bicyclic) bond motifs is 1. The molecule has 1 saturated heterocycles. The second-order valence-corrected chi connectivity index (χ2v) is 6.12. The largest absolute Gasteiger partial charge is 0.349 e. The number of aromatic amines is 1. The Morgan fingerprint density at radius 3 is 3.10 bits per heavy atom. The average molecular weight is 290 g/mol. The molecule has 0 unspecified atom stereocenters. The molecule has 21 heavy (non-hydrogen) atoms. The molecule has 1 aromatic heterocycles. The summed E-state index contributed by atoms with van der Waals surface area (Å²) < 4.78 is 0. The van der Waals surface area contributed by atoms with Crippen LogP contribution in [0, 0.1) is 5.92 Å². The van der Waals surface area contributed by atoms with E-state index in [-0.39, 0.29) is 11.8 Å². The quantitative estimate of drug-likeness (QED) is 0.864. The third kappa shape index (κ3) is 2.94. The highest BCUT2D eigenvalue weighted by Gasteiger charge is 2.25. The van der Waals surface area contributed by atoms with E-state index in [1.165, 1.54) is 0 Å². The normalized spacial score (nSPS) is 21.5. The maximum absolute atomic E-state index is 12.2. The van der Waals surface area contributed by atoms with Crippen molar-refractivity contribution in [3.8, 4) is 0 Å². The molecule has 0 aromatic carbocycles. The standard InChI is InChI=1S/C15H22N4O2/c1-10-4-5-12-11(9-10)14(18-17-12)15(21)16-6-8-19-7-2-3-13(19)20/h10H,2-9H2,1H3,(H,16,21)(H,17,18)/t10-/m1/s1. The van der Waals surface area contributed by atoms with Crippen molar-refractivity contribution in [1.82, 2.24) is 20.4 Å². The third-order valence-electron chi connectivity index (χ3n) is 4.45. The first-order chi connectivity index (χ1) is 10.1. The molecule has 1 atom stereocenters. The zero-order valence-electron chi connectivity index (χ0n) is 12.4. The lowest BCUT2D eigenvalue weighted by Crippen LogP contribution is -2.36. The van der Waals surface area contributed by atoms with Crippen LogP contribution in [0.2, 0.25) is 0 Å². The van der Waals surface area contributed by atoms with Crippen LogP contribution in [0.4, 0.5) is 0 Å². The van der Waals surface area contributed by atoms with Gasteiger partial charge >= 0.3 is 0 Å². The Hall–Kier alpha value is -1.85. The van der Waals surface area contributed by atoms with Crippen molar-refractivity contribution in [2.45, 2.75) is 39.0 Å². The molecule has 0 spiro atoms. The second-order valence-electron chi connectivity index (χ2n) is 6.12. The van der Waals surface area contributed by atoms with Gasteiger partial charge in [0.05, 0.1) is 0 Å². The number of hydrogen-bond donors (Lipinski definition) is 2. The lowest BCUT2D eigenvalue weighted by Gasteiger charge is -2.18. The summed E-state index contributed by atoms with van der Waals surface area (Å²) in [7, 11) is 0. The van der Waals surface area contributed by atoms with Crippen molar-refractivity contribution in [1.29, 1.82) is 0 Å².